The second-order valence-electron chi connectivity index (χ2n) is 11.5. The number of amides is 2. The summed E-state index contributed by atoms with van der Waals surface area (Å²) in [6, 6.07) is 14.2. The number of carbonyl (C=O) groups excluding carboxylic acids is 4. The van der Waals surface area contributed by atoms with Crippen LogP contribution in [-0.2, 0) is 19.1 Å². The molecule has 2 rings (SSSR count). The van der Waals surface area contributed by atoms with Crippen molar-refractivity contribution in [2.24, 2.45) is 0 Å². The average molecular weight is 595 g/mol. The van der Waals surface area contributed by atoms with Crippen LogP contribution in [0.15, 0.2) is 60.7 Å². The Bertz CT molecular complexity index is 1170. The predicted octanol–water partition coefficient (Wildman–Crippen LogP) is 5.75. The summed E-state index contributed by atoms with van der Waals surface area (Å²) in [6.45, 7) is 11.9. The number of alkyl carbamates (subject to hydrolysis) is 2. The number of ketones is 2. The van der Waals surface area contributed by atoms with E-state index in [1.54, 1.807) is 102 Å². The van der Waals surface area contributed by atoms with Crippen molar-refractivity contribution >= 4 is 35.9 Å². The van der Waals surface area contributed by atoms with Crippen LogP contribution in [0.4, 0.5) is 9.59 Å². The zero-order valence-electron chi connectivity index (χ0n) is 25.7. The Hall–Kier alpha value is -4.60. The van der Waals surface area contributed by atoms with Crippen molar-refractivity contribution in [3.05, 3.63) is 71.8 Å². The predicted molar refractivity (Wildman–Crippen MR) is 165 cm³/mol. The molecule has 0 heterocycles. The Morgan fingerprint density at radius 3 is 1.28 bits per heavy atom. The lowest BCUT2D eigenvalue weighted by Gasteiger charge is -2.19. The molecule has 2 amide bonds. The minimum absolute atomic E-state index is 0.245. The smallest absolute Gasteiger partial charge is 0.407 e. The first-order valence-corrected chi connectivity index (χ1v) is 14.0. The fraction of sp³-hybridized carbons (Fsp3) is 0.394. The summed E-state index contributed by atoms with van der Waals surface area (Å²) in [5.74, 6) is 0.605. The number of hydrogen-bond acceptors (Lipinski definition) is 8. The number of nitrogens with one attached hydrogen (secondary N) is 2. The molecule has 0 aromatic heterocycles. The van der Waals surface area contributed by atoms with Gasteiger partial charge in [-0.25, -0.2) is 9.59 Å². The lowest BCUT2D eigenvalue weighted by Crippen LogP contribution is -2.34. The van der Waals surface area contributed by atoms with Gasteiger partial charge in [0.05, 0.1) is 19.5 Å². The number of hydrogen-bond donors (Lipinski definition) is 2. The van der Waals surface area contributed by atoms with Crippen LogP contribution in [-0.4, -0.2) is 61.3 Å². The van der Waals surface area contributed by atoms with Crippen LogP contribution in [0.5, 0.6) is 11.5 Å². The van der Waals surface area contributed by atoms with Crippen LogP contribution in [0.1, 0.15) is 59.1 Å². The largest absolute Gasteiger partial charge is 0.492 e. The lowest BCUT2D eigenvalue weighted by molar-refractivity contribution is -0.121. The highest BCUT2D eigenvalue weighted by molar-refractivity contribution is 6.10. The van der Waals surface area contributed by atoms with E-state index in [4.69, 9.17) is 18.9 Å². The first-order valence-electron chi connectivity index (χ1n) is 14.0. The second kappa shape index (κ2) is 16.7. The number of allylic oxidation sites excluding steroid dienone is 2. The third-order valence-corrected chi connectivity index (χ3v) is 5.11. The SMILES string of the molecule is CC(C)(C)OC(=O)NCCOc1ccc(C=CC(=O)CC(=O)C=Cc2ccc(OCCNC(=O)OC(C)(C)C)cc2)cc1. The van der Waals surface area contributed by atoms with Crippen LogP contribution in [0.25, 0.3) is 12.2 Å². The van der Waals surface area contributed by atoms with Gasteiger partial charge in [-0.05, 0) is 89.1 Å². The highest BCUT2D eigenvalue weighted by Crippen LogP contribution is 2.15. The standard InChI is InChI=1S/C33H42N2O8/c1-32(2,3)42-30(38)34-19-21-40-28-15-9-24(10-16-28)7-13-26(36)23-27(37)14-8-25-11-17-29(18-12-25)41-22-20-35-31(39)43-33(4,5)6/h7-18H,19-23H2,1-6H3,(H,34,38)(H,35,39). The summed E-state index contributed by atoms with van der Waals surface area (Å²) in [6.07, 6.45) is 4.76. The molecular weight excluding hydrogens is 552 g/mol. The molecule has 0 radical (unpaired) electrons. The number of rotatable bonds is 14. The van der Waals surface area contributed by atoms with Crippen molar-refractivity contribution in [3.8, 4) is 11.5 Å². The van der Waals surface area contributed by atoms with Crippen molar-refractivity contribution in [2.75, 3.05) is 26.3 Å². The van der Waals surface area contributed by atoms with E-state index in [1.165, 1.54) is 12.2 Å². The van der Waals surface area contributed by atoms with E-state index >= 15 is 0 Å². The summed E-state index contributed by atoms with van der Waals surface area (Å²) in [5.41, 5.74) is 0.434. The van der Waals surface area contributed by atoms with Gasteiger partial charge >= 0.3 is 12.2 Å². The van der Waals surface area contributed by atoms with Crippen molar-refractivity contribution in [1.82, 2.24) is 10.6 Å². The summed E-state index contributed by atoms with van der Waals surface area (Å²) in [7, 11) is 0. The maximum absolute atomic E-state index is 12.2. The number of ether oxygens (including phenoxy) is 4. The van der Waals surface area contributed by atoms with E-state index in [0.717, 1.165) is 11.1 Å². The van der Waals surface area contributed by atoms with Crippen LogP contribution >= 0.6 is 0 Å². The van der Waals surface area contributed by atoms with Crippen LogP contribution in [0.3, 0.4) is 0 Å². The summed E-state index contributed by atoms with van der Waals surface area (Å²) < 4.78 is 21.5. The molecule has 43 heavy (non-hydrogen) atoms. The van der Waals surface area contributed by atoms with Gasteiger partial charge in [-0.1, -0.05) is 36.4 Å². The molecule has 0 bridgehead atoms. The normalized spacial score (nSPS) is 11.7. The number of carbonyl (C=O) groups is 4. The molecule has 0 unspecified atom stereocenters. The highest BCUT2D eigenvalue weighted by Gasteiger charge is 2.16. The van der Waals surface area contributed by atoms with Crippen molar-refractivity contribution < 1.29 is 38.1 Å². The van der Waals surface area contributed by atoms with Gasteiger partial charge in [-0.2, -0.15) is 0 Å². The molecule has 10 nitrogen and oxygen atoms in total. The Morgan fingerprint density at radius 2 is 0.953 bits per heavy atom. The monoisotopic (exact) mass is 594 g/mol. The second-order valence-corrected chi connectivity index (χ2v) is 11.5. The third kappa shape index (κ3) is 16.4. The van der Waals surface area contributed by atoms with Crippen molar-refractivity contribution in [2.45, 2.75) is 59.2 Å². The maximum atomic E-state index is 12.2. The molecule has 0 aliphatic heterocycles. The molecule has 0 aliphatic rings. The minimum atomic E-state index is -0.559. The lowest BCUT2D eigenvalue weighted by atomic mass is 10.1. The third-order valence-electron chi connectivity index (χ3n) is 5.11. The zero-order chi connectivity index (χ0) is 31.9. The van der Waals surface area contributed by atoms with Crippen LogP contribution in [0.2, 0.25) is 0 Å². The quantitative estimate of drug-likeness (QED) is 0.161. The average Bonchev–Trinajstić information content (AvgIpc) is 2.90. The first-order chi connectivity index (χ1) is 20.2. The topological polar surface area (TPSA) is 129 Å². The van der Waals surface area contributed by atoms with Gasteiger partial charge in [-0.3, -0.25) is 9.59 Å². The fourth-order valence-corrected chi connectivity index (χ4v) is 3.29. The van der Waals surface area contributed by atoms with Crippen molar-refractivity contribution in [3.63, 3.8) is 0 Å². The fourth-order valence-electron chi connectivity index (χ4n) is 3.29. The summed E-state index contributed by atoms with van der Waals surface area (Å²) in [4.78, 5) is 47.7. The van der Waals surface area contributed by atoms with E-state index in [-0.39, 0.29) is 31.2 Å². The summed E-state index contributed by atoms with van der Waals surface area (Å²) >= 11 is 0. The molecule has 2 aromatic carbocycles. The Morgan fingerprint density at radius 1 is 0.605 bits per heavy atom. The van der Waals surface area contributed by atoms with Gasteiger partial charge in [0.25, 0.3) is 0 Å². The highest BCUT2D eigenvalue weighted by atomic mass is 16.6. The Labute approximate surface area is 253 Å². The van der Waals surface area contributed by atoms with Gasteiger partial charge in [0.2, 0.25) is 0 Å². The van der Waals surface area contributed by atoms with Gasteiger partial charge < -0.3 is 29.6 Å². The number of benzene rings is 2. The van der Waals surface area contributed by atoms with Gasteiger partial charge in [-0.15, -0.1) is 0 Å². The molecule has 0 aliphatic carbocycles. The molecule has 0 saturated heterocycles. The van der Waals surface area contributed by atoms with E-state index in [2.05, 4.69) is 10.6 Å². The Kier molecular flexibility index (Phi) is 13.5. The summed E-state index contributed by atoms with van der Waals surface area (Å²) in [5, 5.41) is 5.24. The molecule has 0 spiro atoms. The van der Waals surface area contributed by atoms with Gasteiger partial charge in [0.15, 0.2) is 11.6 Å². The van der Waals surface area contributed by atoms with Crippen LogP contribution < -0.4 is 20.1 Å². The molecule has 0 saturated carbocycles. The maximum Gasteiger partial charge on any atom is 0.407 e. The molecule has 2 N–H and O–H groups in total. The van der Waals surface area contributed by atoms with Gasteiger partial charge in [0, 0.05) is 0 Å². The van der Waals surface area contributed by atoms with Gasteiger partial charge in [0.1, 0.15) is 35.9 Å². The molecular formula is C33H42N2O8. The first kappa shape index (κ1) is 34.6. The molecule has 2 aromatic rings. The van der Waals surface area contributed by atoms with Crippen molar-refractivity contribution in [1.29, 1.82) is 0 Å². The Balaban J connectivity index is 1.68. The molecule has 10 heteroatoms. The van der Waals surface area contributed by atoms with Crippen LogP contribution in [0, 0.1) is 0 Å². The minimum Gasteiger partial charge on any atom is -0.492 e. The van der Waals surface area contributed by atoms with E-state index in [9.17, 15) is 19.2 Å². The molecule has 0 fully saturated rings. The molecule has 232 valence electrons. The zero-order valence-corrected chi connectivity index (χ0v) is 25.7. The van der Waals surface area contributed by atoms with E-state index in [1.807, 2.05) is 0 Å². The molecule has 0 atom stereocenters. The van der Waals surface area contributed by atoms with E-state index < -0.39 is 23.4 Å². The van der Waals surface area contributed by atoms with E-state index in [0.29, 0.717) is 24.6 Å².